The summed E-state index contributed by atoms with van der Waals surface area (Å²) >= 11 is 1.49. The molecule has 17 heavy (non-hydrogen) atoms. The summed E-state index contributed by atoms with van der Waals surface area (Å²) in [7, 11) is 0. The number of rotatable bonds is 6. The van der Waals surface area contributed by atoms with Crippen LogP contribution in [0.1, 0.15) is 25.3 Å². The smallest absolute Gasteiger partial charge is 0.244 e. The molecule has 1 amide bonds. The number of carbonyl (C=O) groups is 1. The summed E-state index contributed by atoms with van der Waals surface area (Å²) < 4.78 is 0. The third kappa shape index (κ3) is 5.49. The topological polar surface area (TPSA) is 54.9 Å². The van der Waals surface area contributed by atoms with Crippen LogP contribution in [0.5, 0.6) is 0 Å². The molecule has 0 aliphatic heterocycles. The van der Waals surface area contributed by atoms with Crippen molar-refractivity contribution in [3.8, 4) is 0 Å². The number of unbranched alkanes of at least 4 members (excludes halogenated alkanes) is 1. The van der Waals surface area contributed by atoms with E-state index in [1.807, 2.05) is 6.26 Å². The minimum absolute atomic E-state index is 0.0765. The average molecular weight is 251 g/mol. The Bertz CT molecular complexity index is 376. The summed E-state index contributed by atoms with van der Waals surface area (Å²) in [5.74, 6) is -0.0765. The Morgan fingerprint density at radius 2 is 2.18 bits per heavy atom. The van der Waals surface area contributed by atoms with Gasteiger partial charge in [0, 0.05) is 30.6 Å². The van der Waals surface area contributed by atoms with Gasteiger partial charge in [-0.15, -0.1) is 0 Å². The van der Waals surface area contributed by atoms with Gasteiger partial charge in [-0.25, -0.2) is 9.97 Å². The van der Waals surface area contributed by atoms with E-state index in [4.69, 9.17) is 0 Å². The van der Waals surface area contributed by atoms with E-state index in [0.29, 0.717) is 0 Å². The van der Waals surface area contributed by atoms with Crippen LogP contribution in [0, 0.1) is 0 Å². The average Bonchev–Trinajstić information content (AvgIpc) is 2.37. The largest absolute Gasteiger partial charge is 0.353 e. The van der Waals surface area contributed by atoms with Crippen LogP contribution in [0.2, 0.25) is 0 Å². The molecule has 0 aromatic carbocycles. The number of thioether (sulfide) groups is 1. The molecule has 1 N–H and O–H groups in total. The summed E-state index contributed by atoms with van der Waals surface area (Å²) in [5, 5.41) is 3.54. The summed E-state index contributed by atoms with van der Waals surface area (Å²) in [5.41, 5.74) is 0.827. The first-order valence-electron chi connectivity index (χ1n) is 5.58. The standard InChI is InChI=1S/C12H17N3OS/c1-3-4-7-13-11(16)6-5-10-8-14-12(17-2)15-9-10/h5-6,8-9H,3-4,7H2,1-2H3,(H,13,16)/b6-5+. The molecule has 0 atom stereocenters. The van der Waals surface area contributed by atoms with Crippen LogP contribution in [0.4, 0.5) is 0 Å². The maximum absolute atomic E-state index is 11.4. The van der Waals surface area contributed by atoms with Crippen molar-refractivity contribution in [1.82, 2.24) is 15.3 Å². The van der Waals surface area contributed by atoms with Gasteiger partial charge in [0.05, 0.1) is 0 Å². The van der Waals surface area contributed by atoms with Crippen LogP contribution in [0.3, 0.4) is 0 Å². The van der Waals surface area contributed by atoms with Gasteiger partial charge >= 0.3 is 0 Å². The molecule has 1 aromatic rings. The number of carbonyl (C=O) groups excluding carboxylic acids is 1. The fourth-order valence-electron chi connectivity index (χ4n) is 1.14. The van der Waals surface area contributed by atoms with E-state index in [1.54, 1.807) is 18.5 Å². The molecule has 0 radical (unpaired) electrons. The number of aromatic nitrogens is 2. The van der Waals surface area contributed by atoms with Gasteiger partial charge in [0.15, 0.2) is 5.16 Å². The molecule has 0 aliphatic carbocycles. The fraction of sp³-hybridized carbons (Fsp3) is 0.417. The molecule has 0 fully saturated rings. The summed E-state index contributed by atoms with van der Waals surface area (Å²) in [6.45, 7) is 2.81. The van der Waals surface area contributed by atoms with Gasteiger partial charge < -0.3 is 5.32 Å². The number of hydrogen-bond donors (Lipinski definition) is 1. The van der Waals surface area contributed by atoms with Gasteiger partial charge in [0.2, 0.25) is 5.91 Å². The van der Waals surface area contributed by atoms with E-state index in [1.165, 1.54) is 17.8 Å². The monoisotopic (exact) mass is 251 g/mol. The molecule has 0 unspecified atom stereocenters. The number of hydrogen-bond acceptors (Lipinski definition) is 4. The van der Waals surface area contributed by atoms with Gasteiger partial charge in [0.25, 0.3) is 0 Å². The second-order valence-electron chi connectivity index (χ2n) is 3.48. The van der Waals surface area contributed by atoms with Crippen molar-refractivity contribution in [2.24, 2.45) is 0 Å². The molecule has 92 valence electrons. The first kappa shape index (κ1) is 13.7. The fourth-order valence-corrected chi connectivity index (χ4v) is 1.45. The minimum atomic E-state index is -0.0765. The molecule has 1 rings (SSSR count). The second kappa shape index (κ2) is 7.84. The molecule has 1 heterocycles. The summed E-state index contributed by atoms with van der Waals surface area (Å²) in [6.07, 6.45) is 10.6. The van der Waals surface area contributed by atoms with Gasteiger partial charge in [-0.05, 0) is 18.8 Å². The zero-order valence-electron chi connectivity index (χ0n) is 10.1. The van der Waals surface area contributed by atoms with Crippen molar-refractivity contribution in [2.45, 2.75) is 24.9 Å². The highest BCUT2D eigenvalue weighted by atomic mass is 32.2. The van der Waals surface area contributed by atoms with Gasteiger partial charge in [-0.3, -0.25) is 4.79 Å². The Hall–Kier alpha value is -1.36. The lowest BCUT2D eigenvalue weighted by atomic mass is 10.3. The molecule has 0 aliphatic rings. The van der Waals surface area contributed by atoms with Crippen molar-refractivity contribution < 1.29 is 4.79 Å². The van der Waals surface area contributed by atoms with Crippen molar-refractivity contribution in [3.05, 3.63) is 24.0 Å². The van der Waals surface area contributed by atoms with Crippen LogP contribution in [-0.2, 0) is 4.79 Å². The Labute approximate surface area is 106 Å². The van der Waals surface area contributed by atoms with Gasteiger partial charge in [-0.1, -0.05) is 25.1 Å². The molecular formula is C12H17N3OS. The van der Waals surface area contributed by atoms with Crippen molar-refractivity contribution in [3.63, 3.8) is 0 Å². The summed E-state index contributed by atoms with van der Waals surface area (Å²) in [6, 6.07) is 0. The highest BCUT2D eigenvalue weighted by Crippen LogP contribution is 2.07. The van der Waals surface area contributed by atoms with Crippen LogP contribution in [0.15, 0.2) is 23.6 Å². The Balaban J connectivity index is 2.43. The minimum Gasteiger partial charge on any atom is -0.353 e. The van der Waals surface area contributed by atoms with E-state index in [0.717, 1.165) is 30.1 Å². The lowest BCUT2D eigenvalue weighted by molar-refractivity contribution is -0.116. The zero-order chi connectivity index (χ0) is 12.5. The molecular weight excluding hydrogens is 234 g/mol. The van der Waals surface area contributed by atoms with E-state index in [2.05, 4.69) is 22.2 Å². The summed E-state index contributed by atoms with van der Waals surface area (Å²) in [4.78, 5) is 19.6. The highest BCUT2D eigenvalue weighted by Gasteiger charge is 1.95. The normalized spacial score (nSPS) is 10.7. The number of amides is 1. The number of nitrogens with one attached hydrogen (secondary N) is 1. The maximum atomic E-state index is 11.4. The van der Waals surface area contributed by atoms with Gasteiger partial charge in [0.1, 0.15) is 0 Å². The van der Waals surface area contributed by atoms with Gasteiger partial charge in [-0.2, -0.15) is 0 Å². The third-order valence-electron chi connectivity index (χ3n) is 2.09. The molecule has 0 saturated carbocycles. The Morgan fingerprint density at radius 3 is 2.76 bits per heavy atom. The van der Waals surface area contributed by atoms with Crippen LogP contribution < -0.4 is 5.32 Å². The molecule has 5 heteroatoms. The maximum Gasteiger partial charge on any atom is 0.244 e. The van der Waals surface area contributed by atoms with Crippen molar-refractivity contribution in [1.29, 1.82) is 0 Å². The van der Waals surface area contributed by atoms with Crippen LogP contribution in [-0.4, -0.2) is 28.7 Å². The lowest BCUT2D eigenvalue weighted by Gasteiger charge is -1.99. The van der Waals surface area contributed by atoms with Crippen LogP contribution in [0.25, 0.3) is 6.08 Å². The molecule has 0 bridgehead atoms. The predicted molar refractivity (Wildman–Crippen MR) is 70.8 cm³/mol. The second-order valence-corrected chi connectivity index (χ2v) is 4.25. The first-order chi connectivity index (χ1) is 8.26. The third-order valence-corrected chi connectivity index (χ3v) is 2.66. The Morgan fingerprint density at radius 1 is 1.47 bits per heavy atom. The predicted octanol–water partition coefficient (Wildman–Crippen LogP) is 2.13. The highest BCUT2D eigenvalue weighted by molar-refractivity contribution is 7.98. The number of nitrogens with zero attached hydrogens (tertiary/aromatic N) is 2. The molecule has 0 saturated heterocycles. The lowest BCUT2D eigenvalue weighted by Crippen LogP contribution is -2.21. The molecule has 4 nitrogen and oxygen atoms in total. The Kier molecular flexibility index (Phi) is 6.32. The van der Waals surface area contributed by atoms with E-state index in [9.17, 15) is 4.79 Å². The SMILES string of the molecule is CCCCNC(=O)/C=C/c1cnc(SC)nc1. The quantitative estimate of drug-likeness (QED) is 0.364. The van der Waals surface area contributed by atoms with Crippen molar-refractivity contribution in [2.75, 3.05) is 12.8 Å². The zero-order valence-corrected chi connectivity index (χ0v) is 11.0. The first-order valence-corrected chi connectivity index (χ1v) is 6.80. The van der Waals surface area contributed by atoms with E-state index < -0.39 is 0 Å². The van der Waals surface area contributed by atoms with Crippen molar-refractivity contribution >= 4 is 23.7 Å². The van der Waals surface area contributed by atoms with E-state index in [-0.39, 0.29) is 5.91 Å². The van der Waals surface area contributed by atoms with Crippen LogP contribution >= 0.6 is 11.8 Å². The molecule has 1 aromatic heterocycles. The van der Waals surface area contributed by atoms with E-state index >= 15 is 0 Å². The molecule has 0 spiro atoms.